The number of rotatable bonds is 6. The second kappa shape index (κ2) is 7.25. The van der Waals surface area contributed by atoms with Gasteiger partial charge in [0.15, 0.2) is 0 Å². The number of aliphatic carboxylic acids is 2. The lowest BCUT2D eigenvalue weighted by Gasteiger charge is -2.27. The summed E-state index contributed by atoms with van der Waals surface area (Å²) in [5.41, 5.74) is 0. The zero-order valence-corrected chi connectivity index (χ0v) is 13.1. The average Bonchev–Trinajstić information content (AvgIpc) is 3.06. The first-order valence-electron chi connectivity index (χ1n) is 6.28. The number of thiocarbonyl (C=S) groups is 1. The van der Waals surface area contributed by atoms with Gasteiger partial charge in [0.05, 0.1) is 23.2 Å². The molecule has 23 heavy (non-hydrogen) atoms. The summed E-state index contributed by atoms with van der Waals surface area (Å²) in [6.07, 6.45) is 5.17. The largest absolute Gasteiger partial charge is 0.550 e. The molecule has 0 radical (unpaired) electrons. The van der Waals surface area contributed by atoms with E-state index in [0.717, 1.165) is 16.7 Å². The molecule has 1 aliphatic rings. The smallest absolute Gasteiger partial charge is 0.266 e. The summed E-state index contributed by atoms with van der Waals surface area (Å²) in [5.74, 6) is -3.45. The Morgan fingerprint density at radius 2 is 2.17 bits per heavy atom. The van der Waals surface area contributed by atoms with E-state index in [2.05, 4.69) is 0 Å². The molecule has 1 aliphatic heterocycles. The van der Waals surface area contributed by atoms with Crippen LogP contribution in [0, 0.1) is 0 Å². The third-order valence-corrected chi connectivity index (χ3v) is 4.17. The van der Waals surface area contributed by atoms with E-state index < -0.39 is 30.3 Å². The maximum absolute atomic E-state index is 12.2. The molecule has 0 aromatic carbocycles. The van der Waals surface area contributed by atoms with Gasteiger partial charge in [0.25, 0.3) is 5.91 Å². The molecular formula is C14H9NO6S2-2. The van der Waals surface area contributed by atoms with Crippen LogP contribution in [0.5, 0.6) is 0 Å². The third-order valence-electron chi connectivity index (χ3n) is 2.82. The van der Waals surface area contributed by atoms with Gasteiger partial charge in [0.1, 0.15) is 10.1 Å². The van der Waals surface area contributed by atoms with Crippen LogP contribution in [0.25, 0.3) is 6.08 Å². The zero-order valence-electron chi connectivity index (χ0n) is 11.5. The Balaban J connectivity index is 2.18. The summed E-state index contributed by atoms with van der Waals surface area (Å²) in [6, 6.07) is 1.71. The lowest BCUT2D eigenvalue weighted by atomic mass is 10.2. The van der Waals surface area contributed by atoms with Crippen LogP contribution in [0.15, 0.2) is 39.9 Å². The maximum Gasteiger partial charge on any atom is 0.266 e. The van der Waals surface area contributed by atoms with Crippen molar-refractivity contribution < 1.29 is 29.0 Å². The van der Waals surface area contributed by atoms with Gasteiger partial charge in [-0.2, -0.15) is 0 Å². The highest BCUT2D eigenvalue weighted by Gasteiger charge is 2.37. The average molecular weight is 351 g/mol. The molecule has 1 fully saturated rings. The first-order valence-corrected chi connectivity index (χ1v) is 7.50. The molecule has 0 unspecified atom stereocenters. The van der Waals surface area contributed by atoms with E-state index in [4.69, 9.17) is 16.6 Å². The van der Waals surface area contributed by atoms with E-state index in [0.29, 0.717) is 5.76 Å². The predicted octanol–water partition coefficient (Wildman–Crippen LogP) is -0.704. The van der Waals surface area contributed by atoms with Crippen LogP contribution in [0.3, 0.4) is 0 Å². The minimum absolute atomic E-state index is 0.0527. The Morgan fingerprint density at radius 1 is 1.43 bits per heavy atom. The van der Waals surface area contributed by atoms with Gasteiger partial charge in [-0.3, -0.25) is 9.69 Å². The molecule has 9 heteroatoms. The molecule has 1 atom stereocenters. The number of carboxylic acid groups (broad SMARTS) is 2. The minimum atomic E-state index is -1.71. The van der Waals surface area contributed by atoms with Crippen LogP contribution in [0.1, 0.15) is 12.2 Å². The highest BCUT2D eigenvalue weighted by atomic mass is 32.2. The van der Waals surface area contributed by atoms with E-state index >= 15 is 0 Å². The van der Waals surface area contributed by atoms with E-state index in [1.54, 1.807) is 18.2 Å². The number of amides is 1. The molecule has 0 bridgehead atoms. The van der Waals surface area contributed by atoms with Crippen LogP contribution < -0.4 is 10.2 Å². The fourth-order valence-corrected chi connectivity index (χ4v) is 3.13. The zero-order chi connectivity index (χ0) is 17.0. The van der Waals surface area contributed by atoms with Crippen molar-refractivity contribution in [2.45, 2.75) is 12.5 Å². The van der Waals surface area contributed by atoms with Crippen LogP contribution in [-0.4, -0.2) is 33.1 Å². The van der Waals surface area contributed by atoms with Gasteiger partial charge in [-0.1, -0.05) is 30.1 Å². The standard InChI is InChI=1S/C14H11NO6S2/c16-11(17)7-9(13(19)20)15-12(18)10(23-14(15)22)5-1-3-8-4-2-6-21-8/h1-6,9H,7H2,(H,16,17)(H,19,20)/p-2/b3-1+,10-5-/t9-/m0/s1. The Morgan fingerprint density at radius 3 is 2.74 bits per heavy atom. The van der Waals surface area contributed by atoms with Crippen molar-refractivity contribution in [3.05, 3.63) is 41.2 Å². The molecule has 2 rings (SSSR count). The highest BCUT2D eigenvalue weighted by molar-refractivity contribution is 8.26. The maximum atomic E-state index is 12.2. The molecule has 1 aromatic rings. The first-order chi connectivity index (χ1) is 10.9. The Hall–Kier alpha value is -2.39. The van der Waals surface area contributed by atoms with E-state index in [1.807, 2.05) is 0 Å². The highest BCUT2D eigenvalue weighted by Crippen LogP contribution is 2.33. The number of carbonyl (C=O) groups is 3. The lowest BCUT2D eigenvalue weighted by Crippen LogP contribution is -2.52. The van der Waals surface area contributed by atoms with Crippen LogP contribution in [0.2, 0.25) is 0 Å². The van der Waals surface area contributed by atoms with E-state index in [1.165, 1.54) is 18.4 Å². The van der Waals surface area contributed by atoms with Crippen molar-refractivity contribution in [3.8, 4) is 0 Å². The summed E-state index contributed by atoms with van der Waals surface area (Å²) < 4.78 is 5.03. The number of thioether (sulfide) groups is 1. The monoisotopic (exact) mass is 351 g/mol. The molecule has 2 heterocycles. The van der Waals surface area contributed by atoms with Crippen LogP contribution in [0.4, 0.5) is 0 Å². The van der Waals surface area contributed by atoms with Crippen molar-refractivity contribution in [2.24, 2.45) is 0 Å². The minimum Gasteiger partial charge on any atom is -0.550 e. The summed E-state index contributed by atoms with van der Waals surface area (Å²) in [7, 11) is 0. The number of nitrogens with zero attached hydrogens (tertiary/aromatic N) is 1. The summed E-state index contributed by atoms with van der Waals surface area (Å²) in [5, 5.41) is 21.7. The predicted molar refractivity (Wildman–Crippen MR) is 81.3 cm³/mol. The van der Waals surface area contributed by atoms with Gasteiger partial charge >= 0.3 is 0 Å². The first kappa shape index (κ1) is 17.0. The SMILES string of the molecule is O=C([O-])C[C@@H](C(=O)[O-])N1C(=O)/C(=C/C=C/c2ccco2)SC1=S. The lowest BCUT2D eigenvalue weighted by molar-refractivity contribution is -0.319. The van der Waals surface area contributed by atoms with E-state index in [-0.39, 0.29) is 9.23 Å². The van der Waals surface area contributed by atoms with Gasteiger partial charge in [-0.15, -0.1) is 0 Å². The molecule has 1 aromatic heterocycles. The molecule has 1 amide bonds. The van der Waals surface area contributed by atoms with Gasteiger partial charge in [0, 0.05) is 12.4 Å². The van der Waals surface area contributed by atoms with Crippen LogP contribution in [-0.2, 0) is 14.4 Å². The quantitative estimate of drug-likeness (QED) is 0.488. The van der Waals surface area contributed by atoms with Gasteiger partial charge in [-0.25, -0.2) is 0 Å². The topological polar surface area (TPSA) is 114 Å². The molecule has 0 aliphatic carbocycles. The summed E-state index contributed by atoms with van der Waals surface area (Å²) in [4.78, 5) is 34.8. The van der Waals surface area contributed by atoms with Gasteiger partial charge < -0.3 is 24.2 Å². The molecule has 120 valence electrons. The number of allylic oxidation sites excluding steroid dienone is 2. The fourth-order valence-electron chi connectivity index (χ4n) is 1.82. The number of furan rings is 1. The van der Waals surface area contributed by atoms with Crippen molar-refractivity contribution in [2.75, 3.05) is 0 Å². The Labute approximate surface area is 140 Å². The molecular weight excluding hydrogens is 342 g/mol. The molecule has 1 saturated heterocycles. The van der Waals surface area contributed by atoms with Gasteiger partial charge in [0.2, 0.25) is 0 Å². The van der Waals surface area contributed by atoms with Crippen molar-refractivity contribution in [1.82, 2.24) is 4.90 Å². The van der Waals surface area contributed by atoms with Crippen molar-refractivity contribution in [1.29, 1.82) is 0 Å². The summed E-state index contributed by atoms with van der Waals surface area (Å²) in [6.45, 7) is 0. The number of hydrogen-bond donors (Lipinski definition) is 0. The molecule has 0 saturated carbocycles. The number of carboxylic acids is 2. The Bertz CT molecular complexity index is 707. The van der Waals surface area contributed by atoms with E-state index in [9.17, 15) is 24.6 Å². The van der Waals surface area contributed by atoms with Crippen molar-refractivity contribution in [3.63, 3.8) is 0 Å². The number of hydrogen-bond acceptors (Lipinski definition) is 8. The van der Waals surface area contributed by atoms with Gasteiger partial charge in [-0.05, 0) is 24.3 Å². The fraction of sp³-hybridized carbons (Fsp3) is 0.143. The third kappa shape index (κ3) is 4.08. The second-order valence-corrected chi connectivity index (χ2v) is 6.04. The molecule has 7 nitrogen and oxygen atoms in total. The summed E-state index contributed by atoms with van der Waals surface area (Å²) >= 11 is 5.83. The second-order valence-electron chi connectivity index (χ2n) is 4.36. The Kier molecular flexibility index (Phi) is 5.35. The van der Waals surface area contributed by atoms with Crippen LogP contribution >= 0.6 is 24.0 Å². The normalized spacial score (nSPS) is 18.1. The molecule has 0 spiro atoms. The molecule has 0 N–H and O–H groups in total. The van der Waals surface area contributed by atoms with Crippen molar-refractivity contribution >= 4 is 52.2 Å². The number of carbonyl (C=O) groups excluding carboxylic acids is 3.